The molecule has 0 saturated carbocycles. The molecule has 9 heteroatoms. The smallest absolute Gasteiger partial charge is 0.343 e. The normalized spacial score (nSPS) is 14.2. The summed E-state index contributed by atoms with van der Waals surface area (Å²) >= 11 is 0. The van der Waals surface area contributed by atoms with Gasteiger partial charge in [0.25, 0.3) is 5.56 Å². The highest BCUT2D eigenvalue weighted by Crippen LogP contribution is 2.24. The van der Waals surface area contributed by atoms with Gasteiger partial charge in [0.15, 0.2) is 0 Å². The predicted molar refractivity (Wildman–Crippen MR) is 127 cm³/mol. The van der Waals surface area contributed by atoms with Crippen LogP contribution in [0.5, 0.6) is 5.75 Å². The first kappa shape index (κ1) is 23.6. The van der Waals surface area contributed by atoms with E-state index in [1.807, 2.05) is 43.7 Å². The number of pyridine rings is 1. The minimum Gasteiger partial charge on any atom is -0.492 e. The lowest BCUT2D eigenvalue weighted by Crippen LogP contribution is -2.29. The van der Waals surface area contributed by atoms with E-state index in [1.165, 1.54) is 13.2 Å². The first-order valence-electron chi connectivity index (χ1n) is 11.4. The van der Waals surface area contributed by atoms with Gasteiger partial charge < -0.3 is 18.5 Å². The standard InChI is InChI=1S/C25H30N4O5/c1-27-18-19(17-26-27)6-4-15-34-22-16-23(30)29-13-12-28(10-3-7-20-8-5-14-33-20)11-9-21(29)24(22)25(31)32-2/h3,5,7-8,14,16-18H,4,6,9-13,15H2,1-2H3/b7-3+. The molecule has 180 valence electrons. The van der Waals surface area contributed by atoms with Crippen molar-refractivity contribution in [3.05, 3.63) is 75.9 Å². The van der Waals surface area contributed by atoms with Crippen LogP contribution in [0.15, 0.2) is 52.1 Å². The maximum absolute atomic E-state index is 12.9. The number of hydrogen-bond donors (Lipinski definition) is 0. The lowest BCUT2D eigenvalue weighted by Gasteiger charge is -2.17. The van der Waals surface area contributed by atoms with Crippen LogP contribution >= 0.6 is 0 Å². The fourth-order valence-electron chi connectivity index (χ4n) is 4.18. The minimum atomic E-state index is -0.489. The van der Waals surface area contributed by atoms with Crippen molar-refractivity contribution in [1.29, 1.82) is 0 Å². The van der Waals surface area contributed by atoms with Crippen molar-refractivity contribution in [2.75, 3.05) is 33.4 Å². The summed E-state index contributed by atoms with van der Waals surface area (Å²) in [4.78, 5) is 27.9. The number of hydrogen-bond acceptors (Lipinski definition) is 7. The summed E-state index contributed by atoms with van der Waals surface area (Å²) in [6, 6.07) is 5.16. The topological polar surface area (TPSA) is 91.7 Å². The second-order valence-electron chi connectivity index (χ2n) is 8.25. The predicted octanol–water partition coefficient (Wildman–Crippen LogP) is 2.54. The third kappa shape index (κ3) is 5.66. The number of furan rings is 1. The zero-order valence-corrected chi connectivity index (χ0v) is 19.6. The highest BCUT2D eigenvalue weighted by molar-refractivity contribution is 5.93. The van der Waals surface area contributed by atoms with Gasteiger partial charge in [0, 0.05) is 57.6 Å². The largest absolute Gasteiger partial charge is 0.492 e. The second-order valence-corrected chi connectivity index (χ2v) is 8.25. The van der Waals surface area contributed by atoms with Crippen molar-refractivity contribution in [3.63, 3.8) is 0 Å². The van der Waals surface area contributed by atoms with Gasteiger partial charge in [-0.1, -0.05) is 6.08 Å². The molecule has 0 atom stereocenters. The molecular formula is C25H30N4O5. The molecule has 3 aromatic heterocycles. The van der Waals surface area contributed by atoms with Crippen LogP contribution in [-0.4, -0.2) is 58.6 Å². The van der Waals surface area contributed by atoms with E-state index in [4.69, 9.17) is 13.9 Å². The van der Waals surface area contributed by atoms with Crippen molar-refractivity contribution in [2.24, 2.45) is 7.05 Å². The molecule has 1 aliphatic rings. The quantitative estimate of drug-likeness (QED) is 0.354. The Balaban J connectivity index is 1.46. The number of esters is 1. The molecule has 0 N–H and O–H groups in total. The molecule has 0 aliphatic carbocycles. The SMILES string of the molecule is COC(=O)c1c(OCCCc2cnn(C)c2)cc(=O)n2c1CCN(C/C=C/c1ccco1)CC2. The molecule has 0 amide bonds. The molecule has 0 unspecified atom stereocenters. The van der Waals surface area contributed by atoms with Gasteiger partial charge in [-0.2, -0.15) is 5.10 Å². The van der Waals surface area contributed by atoms with Crippen LogP contribution in [-0.2, 0) is 31.2 Å². The molecule has 9 nitrogen and oxygen atoms in total. The lowest BCUT2D eigenvalue weighted by atomic mass is 10.1. The molecule has 1 aliphatic heterocycles. The third-order valence-electron chi connectivity index (χ3n) is 5.89. The Morgan fingerprint density at radius 2 is 2.18 bits per heavy atom. The number of ether oxygens (including phenoxy) is 2. The fourth-order valence-corrected chi connectivity index (χ4v) is 4.18. The molecule has 3 aromatic rings. The van der Waals surface area contributed by atoms with Gasteiger partial charge in [0.05, 0.1) is 26.2 Å². The van der Waals surface area contributed by atoms with Crippen LogP contribution in [0.3, 0.4) is 0 Å². The Morgan fingerprint density at radius 1 is 1.29 bits per heavy atom. The number of aromatic nitrogens is 3. The van der Waals surface area contributed by atoms with Gasteiger partial charge in [-0.25, -0.2) is 4.79 Å². The van der Waals surface area contributed by atoms with E-state index in [9.17, 15) is 9.59 Å². The number of rotatable bonds is 9. The Labute approximate surface area is 198 Å². The van der Waals surface area contributed by atoms with Crippen LogP contribution in [0.4, 0.5) is 0 Å². The van der Waals surface area contributed by atoms with Gasteiger partial charge in [-0.15, -0.1) is 0 Å². The molecule has 0 aromatic carbocycles. The first-order valence-corrected chi connectivity index (χ1v) is 11.4. The average Bonchev–Trinajstić information content (AvgIpc) is 3.45. The molecule has 0 spiro atoms. The molecule has 0 fully saturated rings. The first-order chi connectivity index (χ1) is 16.5. The Morgan fingerprint density at radius 3 is 2.91 bits per heavy atom. The number of fused-ring (bicyclic) bond motifs is 1. The third-order valence-corrected chi connectivity index (χ3v) is 5.89. The van der Waals surface area contributed by atoms with Crippen molar-refractivity contribution in [3.8, 4) is 5.75 Å². The van der Waals surface area contributed by atoms with E-state index >= 15 is 0 Å². The summed E-state index contributed by atoms with van der Waals surface area (Å²) in [5, 5.41) is 4.17. The van der Waals surface area contributed by atoms with Gasteiger partial charge in [-0.05, 0) is 36.6 Å². The van der Waals surface area contributed by atoms with Crippen molar-refractivity contribution >= 4 is 12.0 Å². The van der Waals surface area contributed by atoms with E-state index < -0.39 is 5.97 Å². The maximum atomic E-state index is 12.9. The van der Waals surface area contributed by atoms with E-state index in [2.05, 4.69) is 10.00 Å². The summed E-state index contributed by atoms with van der Waals surface area (Å²) in [6.07, 6.45) is 11.5. The molecular weight excluding hydrogens is 436 g/mol. The summed E-state index contributed by atoms with van der Waals surface area (Å²) in [5.41, 5.74) is 1.95. The zero-order valence-electron chi connectivity index (χ0n) is 19.6. The van der Waals surface area contributed by atoms with E-state index in [0.29, 0.717) is 56.2 Å². The number of methoxy groups -OCH3 is 1. The van der Waals surface area contributed by atoms with Gasteiger partial charge >= 0.3 is 5.97 Å². The van der Waals surface area contributed by atoms with Gasteiger partial charge in [0.1, 0.15) is 17.1 Å². The Kier molecular flexibility index (Phi) is 7.64. The summed E-state index contributed by atoms with van der Waals surface area (Å²) in [7, 11) is 3.22. The van der Waals surface area contributed by atoms with Gasteiger partial charge in [-0.3, -0.25) is 14.4 Å². The summed E-state index contributed by atoms with van der Waals surface area (Å²) < 4.78 is 19.7. The maximum Gasteiger partial charge on any atom is 0.343 e. The van der Waals surface area contributed by atoms with Crippen molar-refractivity contribution < 1.29 is 18.7 Å². The minimum absolute atomic E-state index is 0.169. The number of carbonyl (C=O) groups excluding carboxylic acids is 1. The highest BCUT2D eigenvalue weighted by atomic mass is 16.5. The van der Waals surface area contributed by atoms with E-state index in [-0.39, 0.29) is 5.56 Å². The Hall–Kier alpha value is -3.59. The van der Waals surface area contributed by atoms with E-state index in [1.54, 1.807) is 15.5 Å². The van der Waals surface area contributed by atoms with Crippen molar-refractivity contribution in [2.45, 2.75) is 25.8 Å². The van der Waals surface area contributed by atoms with E-state index in [0.717, 1.165) is 24.2 Å². The monoisotopic (exact) mass is 466 g/mol. The van der Waals surface area contributed by atoms with Crippen LogP contribution in [0.2, 0.25) is 0 Å². The molecule has 4 heterocycles. The number of carbonyl (C=O) groups is 1. The second kappa shape index (κ2) is 11.0. The summed E-state index contributed by atoms with van der Waals surface area (Å²) in [5.74, 6) is 0.602. The average molecular weight is 467 g/mol. The molecule has 0 radical (unpaired) electrons. The fraction of sp³-hybridized carbons (Fsp3) is 0.400. The van der Waals surface area contributed by atoms with Gasteiger partial charge in [0.2, 0.25) is 0 Å². The molecule has 4 rings (SSSR count). The van der Waals surface area contributed by atoms with Crippen LogP contribution in [0.25, 0.3) is 6.08 Å². The number of nitrogens with zero attached hydrogens (tertiary/aromatic N) is 4. The zero-order chi connectivity index (χ0) is 23.9. The van der Waals surface area contributed by atoms with Crippen LogP contribution < -0.4 is 10.3 Å². The highest BCUT2D eigenvalue weighted by Gasteiger charge is 2.25. The molecule has 34 heavy (non-hydrogen) atoms. The molecule has 0 bridgehead atoms. The van der Waals surface area contributed by atoms with Crippen LogP contribution in [0.1, 0.15) is 33.8 Å². The lowest BCUT2D eigenvalue weighted by molar-refractivity contribution is 0.0593. The Bertz CT molecular complexity index is 1190. The summed E-state index contributed by atoms with van der Waals surface area (Å²) in [6.45, 7) is 2.99. The van der Waals surface area contributed by atoms with Crippen molar-refractivity contribution in [1.82, 2.24) is 19.2 Å². The molecule has 0 saturated heterocycles. The number of aryl methyl sites for hydroxylation is 2. The van der Waals surface area contributed by atoms with Crippen LogP contribution in [0, 0.1) is 0 Å².